The van der Waals surface area contributed by atoms with Crippen molar-refractivity contribution in [2.24, 2.45) is 0 Å². The van der Waals surface area contributed by atoms with Crippen molar-refractivity contribution in [3.63, 3.8) is 0 Å². The number of aryl methyl sites for hydroxylation is 1. The summed E-state index contributed by atoms with van der Waals surface area (Å²) in [6, 6.07) is 9.17. The molecule has 0 aliphatic carbocycles. The van der Waals surface area contributed by atoms with Crippen LogP contribution in [-0.2, 0) is 4.79 Å². The molecule has 0 aliphatic heterocycles. The van der Waals surface area contributed by atoms with E-state index in [0.29, 0.717) is 16.5 Å². The number of hydrogen-bond acceptors (Lipinski definition) is 6. The first-order valence-corrected chi connectivity index (χ1v) is 10.2. The number of nitrogens with zero attached hydrogens (tertiary/aromatic N) is 4. The summed E-state index contributed by atoms with van der Waals surface area (Å²) in [6.07, 6.45) is 0. The highest BCUT2D eigenvalue weighted by Crippen LogP contribution is 2.25. The van der Waals surface area contributed by atoms with Crippen molar-refractivity contribution in [1.82, 2.24) is 20.2 Å². The van der Waals surface area contributed by atoms with Crippen molar-refractivity contribution in [3.05, 3.63) is 58.1 Å². The van der Waals surface area contributed by atoms with E-state index in [4.69, 9.17) is 0 Å². The molecular weight excluding hydrogens is 386 g/mol. The lowest BCUT2D eigenvalue weighted by molar-refractivity contribution is -0.114. The van der Waals surface area contributed by atoms with Gasteiger partial charge in [-0.25, -0.2) is 0 Å². The average Bonchev–Trinajstić information content (AvgIpc) is 3.15. The second-order valence-electron chi connectivity index (χ2n) is 6.93. The lowest BCUT2D eigenvalue weighted by atomic mass is 9.93. The summed E-state index contributed by atoms with van der Waals surface area (Å²) in [7, 11) is 0. The third kappa shape index (κ3) is 4.54. The van der Waals surface area contributed by atoms with Gasteiger partial charge in [0.1, 0.15) is 0 Å². The van der Waals surface area contributed by atoms with E-state index in [-0.39, 0.29) is 17.4 Å². The van der Waals surface area contributed by atoms with Crippen molar-refractivity contribution < 1.29 is 9.59 Å². The maximum absolute atomic E-state index is 12.9. The molecule has 0 unspecified atom stereocenters. The van der Waals surface area contributed by atoms with Crippen molar-refractivity contribution in [2.75, 3.05) is 11.1 Å². The summed E-state index contributed by atoms with van der Waals surface area (Å²) in [4.78, 5) is 24.1. The monoisotopic (exact) mass is 409 g/mol. The Morgan fingerprint density at radius 3 is 2.55 bits per heavy atom. The molecule has 1 aromatic heterocycles. The van der Waals surface area contributed by atoms with Gasteiger partial charge in [0.25, 0.3) is 0 Å². The van der Waals surface area contributed by atoms with Crippen LogP contribution < -0.4 is 5.32 Å². The highest BCUT2D eigenvalue weighted by molar-refractivity contribution is 7.99. The third-order valence-corrected chi connectivity index (χ3v) is 5.89. The molecule has 3 aromatic rings. The quantitative estimate of drug-likeness (QED) is 0.492. The number of rotatable bonds is 6. The summed E-state index contributed by atoms with van der Waals surface area (Å²) < 4.78 is 1.56. The second-order valence-corrected chi connectivity index (χ2v) is 7.88. The van der Waals surface area contributed by atoms with Crippen LogP contribution in [0.25, 0.3) is 5.69 Å². The summed E-state index contributed by atoms with van der Waals surface area (Å²) in [6.45, 7) is 9.58. The van der Waals surface area contributed by atoms with Gasteiger partial charge in [-0.05, 0) is 84.6 Å². The molecule has 0 atom stereocenters. The number of thioether (sulfide) groups is 1. The summed E-state index contributed by atoms with van der Waals surface area (Å²) in [5.74, 6) is 0.118. The number of aromatic nitrogens is 4. The molecule has 2 aromatic carbocycles. The van der Waals surface area contributed by atoms with Crippen LogP contribution in [0.15, 0.2) is 35.5 Å². The molecule has 1 amide bonds. The maximum Gasteiger partial charge on any atom is 0.221 e. The van der Waals surface area contributed by atoms with Crippen molar-refractivity contribution in [1.29, 1.82) is 0 Å². The van der Waals surface area contributed by atoms with E-state index in [1.807, 2.05) is 39.0 Å². The topological polar surface area (TPSA) is 89.8 Å². The highest BCUT2D eigenvalue weighted by atomic mass is 32.2. The van der Waals surface area contributed by atoms with Crippen LogP contribution in [0.3, 0.4) is 0 Å². The average molecular weight is 410 g/mol. The van der Waals surface area contributed by atoms with Crippen molar-refractivity contribution in [3.8, 4) is 5.69 Å². The number of ketones is 1. The number of anilines is 1. The number of amides is 1. The van der Waals surface area contributed by atoms with E-state index < -0.39 is 0 Å². The Bertz CT molecular complexity index is 1090. The first kappa shape index (κ1) is 20.7. The summed E-state index contributed by atoms with van der Waals surface area (Å²) in [5, 5.41) is 15.1. The van der Waals surface area contributed by atoms with Crippen LogP contribution in [0.1, 0.15) is 39.5 Å². The van der Waals surface area contributed by atoms with Gasteiger partial charge >= 0.3 is 0 Å². The smallest absolute Gasteiger partial charge is 0.221 e. The van der Waals surface area contributed by atoms with Gasteiger partial charge in [0.05, 0.1) is 11.4 Å². The van der Waals surface area contributed by atoms with Gasteiger partial charge in [-0.1, -0.05) is 17.8 Å². The molecule has 0 saturated heterocycles. The van der Waals surface area contributed by atoms with E-state index in [1.54, 1.807) is 16.8 Å². The predicted molar refractivity (Wildman–Crippen MR) is 114 cm³/mol. The minimum Gasteiger partial charge on any atom is -0.326 e. The molecule has 0 radical (unpaired) electrons. The Balaban J connectivity index is 1.80. The molecule has 7 nitrogen and oxygen atoms in total. The van der Waals surface area contributed by atoms with Gasteiger partial charge in [0, 0.05) is 18.2 Å². The molecule has 1 heterocycles. The largest absolute Gasteiger partial charge is 0.326 e. The summed E-state index contributed by atoms with van der Waals surface area (Å²) >= 11 is 1.29. The molecule has 0 fully saturated rings. The number of carbonyl (C=O) groups excluding carboxylic acids is 2. The number of nitrogens with one attached hydrogen (secondary N) is 1. The van der Waals surface area contributed by atoms with Gasteiger partial charge < -0.3 is 5.32 Å². The summed E-state index contributed by atoms with van der Waals surface area (Å²) in [5.41, 5.74) is 6.59. The standard InChI is InChI=1S/C21H23N5O2S/c1-12-9-19(15(4)14(3)13(12)2)20(28)11-29-21-23-24-25-26(21)18-8-6-7-17(10-18)22-16(5)27/h6-10H,11H2,1-5H3,(H,22,27). The fraction of sp³-hybridized carbons (Fsp3) is 0.286. The molecule has 29 heavy (non-hydrogen) atoms. The van der Waals surface area contributed by atoms with E-state index in [0.717, 1.165) is 22.3 Å². The maximum atomic E-state index is 12.9. The zero-order chi connectivity index (χ0) is 21.1. The molecule has 3 rings (SSSR count). The molecule has 0 saturated carbocycles. The molecule has 0 bridgehead atoms. The predicted octanol–water partition coefficient (Wildman–Crippen LogP) is 3.83. The van der Waals surface area contributed by atoms with Gasteiger partial charge in [-0.2, -0.15) is 4.68 Å². The van der Waals surface area contributed by atoms with E-state index in [2.05, 4.69) is 27.8 Å². The van der Waals surface area contributed by atoms with Crippen molar-refractivity contribution >= 4 is 29.1 Å². The van der Waals surface area contributed by atoms with Crippen LogP contribution in [0.2, 0.25) is 0 Å². The Labute approximate surface area is 173 Å². The molecular formula is C21H23N5O2S. The second kappa shape index (κ2) is 8.57. The molecule has 0 spiro atoms. The van der Waals surface area contributed by atoms with Crippen molar-refractivity contribution in [2.45, 2.75) is 39.8 Å². The lowest BCUT2D eigenvalue weighted by Gasteiger charge is -2.13. The fourth-order valence-electron chi connectivity index (χ4n) is 3.06. The molecule has 8 heteroatoms. The fourth-order valence-corrected chi connectivity index (χ4v) is 3.83. The minimum atomic E-state index is -0.155. The van der Waals surface area contributed by atoms with Gasteiger partial charge in [0.15, 0.2) is 5.78 Å². The molecule has 1 N–H and O–H groups in total. The van der Waals surface area contributed by atoms with E-state index in [9.17, 15) is 9.59 Å². The number of tetrazole rings is 1. The number of Topliss-reactive ketones (excluding diaryl/α,β-unsaturated/α-hetero) is 1. The van der Waals surface area contributed by atoms with Crippen LogP contribution in [0.4, 0.5) is 5.69 Å². The zero-order valence-corrected chi connectivity index (χ0v) is 17.9. The van der Waals surface area contributed by atoms with Gasteiger partial charge in [-0.3, -0.25) is 9.59 Å². The van der Waals surface area contributed by atoms with Crippen LogP contribution >= 0.6 is 11.8 Å². The number of carbonyl (C=O) groups is 2. The van der Waals surface area contributed by atoms with E-state index in [1.165, 1.54) is 24.2 Å². The Hall–Kier alpha value is -3.00. The Morgan fingerprint density at radius 1 is 1.07 bits per heavy atom. The Kier molecular flexibility index (Phi) is 6.12. The zero-order valence-electron chi connectivity index (χ0n) is 17.1. The van der Waals surface area contributed by atoms with Gasteiger partial charge in [-0.15, -0.1) is 5.10 Å². The van der Waals surface area contributed by atoms with Crippen LogP contribution in [-0.4, -0.2) is 37.7 Å². The first-order valence-electron chi connectivity index (χ1n) is 9.17. The lowest BCUT2D eigenvalue weighted by Crippen LogP contribution is -2.09. The number of hydrogen-bond donors (Lipinski definition) is 1. The Morgan fingerprint density at radius 2 is 1.83 bits per heavy atom. The third-order valence-electron chi connectivity index (χ3n) is 4.97. The highest BCUT2D eigenvalue weighted by Gasteiger charge is 2.17. The van der Waals surface area contributed by atoms with E-state index >= 15 is 0 Å². The normalized spacial score (nSPS) is 10.8. The van der Waals surface area contributed by atoms with Crippen LogP contribution in [0, 0.1) is 27.7 Å². The molecule has 150 valence electrons. The first-order chi connectivity index (χ1) is 13.8. The minimum absolute atomic E-state index is 0.0419. The number of benzene rings is 2. The van der Waals surface area contributed by atoms with Gasteiger partial charge in [0.2, 0.25) is 11.1 Å². The molecule has 0 aliphatic rings. The SMILES string of the molecule is CC(=O)Nc1cccc(-n2nnnc2SCC(=O)c2cc(C)c(C)c(C)c2C)c1. The van der Waals surface area contributed by atoms with Crippen LogP contribution in [0.5, 0.6) is 0 Å².